The van der Waals surface area contributed by atoms with Crippen molar-refractivity contribution in [3.63, 3.8) is 0 Å². The number of guanidine groups is 1. The van der Waals surface area contributed by atoms with Crippen molar-refractivity contribution in [2.45, 2.75) is 25.8 Å². The average Bonchev–Trinajstić information content (AvgIpc) is 3.08. The minimum atomic E-state index is 0.140. The van der Waals surface area contributed by atoms with Crippen molar-refractivity contribution in [3.05, 3.63) is 71.3 Å². The largest absolute Gasteiger partial charge is 0.355 e. The quantitative estimate of drug-likeness (QED) is 0.889. The van der Waals surface area contributed by atoms with Crippen molar-refractivity contribution in [3.8, 4) is 0 Å². The van der Waals surface area contributed by atoms with Crippen LogP contribution in [0.5, 0.6) is 0 Å². The lowest BCUT2D eigenvalue weighted by molar-refractivity contribution is 0.716. The van der Waals surface area contributed by atoms with Gasteiger partial charge in [0.25, 0.3) is 0 Å². The van der Waals surface area contributed by atoms with Gasteiger partial charge in [0.15, 0.2) is 5.96 Å². The molecular formula is C19H23N3. The molecule has 0 aromatic heterocycles. The number of hydrogen-bond donors (Lipinski definition) is 2. The lowest BCUT2D eigenvalue weighted by Crippen LogP contribution is -2.25. The van der Waals surface area contributed by atoms with Gasteiger partial charge in [-0.2, -0.15) is 0 Å². The molecule has 114 valence electrons. The predicted octanol–water partition coefficient (Wildman–Crippen LogP) is 3.08. The summed E-state index contributed by atoms with van der Waals surface area (Å²) in [4.78, 5) is 4.89. The monoisotopic (exact) mass is 293 g/mol. The van der Waals surface area contributed by atoms with E-state index in [-0.39, 0.29) is 6.04 Å². The van der Waals surface area contributed by atoms with Crippen LogP contribution in [0.1, 0.15) is 29.7 Å². The van der Waals surface area contributed by atoms with E-state index in [0.717, 1.165) is 31.9 Å². The van der Waals surface area contributed by atoms with Gasteiger partial charge in [-0.05, 0) is 29.5 Å². The van der Waals surface area contributed by atoms with E-state index in [4.69, 9.17) is 4.99 Å². The van der Waals surface area contributed by atoms with Crippen LogP contribution in [0.15, 0.2) is 59.6 Å². The molecule has 3 rings (SSSR count). The van der Waals surface area contributed by atoms with Gasteiger partial charge in [-0.15, -0.1) is 0 Å². The van der Waals surface area contributed by atoms with Gasteiger partial charge in [0.1, 0.15) is 0 Å². The number of nitrogens with zero attached hydrogens (tertiary/aromatic N) is 1. The molecule has 22 heavy (non-hydrogen) atoms. The van der Waals surface area contributed by atoms with Crippen LogP contribution in [0.2, 0.25) is 0 Å². The van der Waals surface area contributed by atoms with Gasteiger partial charge in [-0.25, -0.2) is 4.99 Å². The molecule has 1 heterocycles. The molecule has 3 nitrogen and oxygen atoms in total. The zero-order valence-electron chi connectivity index (χ0n) is 13.0. The Labute approximate surface area is 132 Å². The van der Waals surface area contributed by atoms with E-state index in [0.29, 0.717) is 0 Å². The maximum Gasteiger partial charge on any atom is 0.192 e. The Hall–Kier alpha value is -2.29. The Balaban J connectivity index is 1.85. The number of benzene rings is 2. The normalized spacial score (nSPS) is 15.0. The summed E-state index contributed by atoms with van der Waals surface area (Å²) in [6.45, 7) is 4.08. The fourth-order valence-corrected chi connectivity index (χ4v) is 2.72. The van der Waals surface area contributed by atoms with E-state index in [2.05, 4.69) is 72.2 Å². The third kappa shape index (κ3) is 3.67. The molecule has 2 N–H and O–H groups in total. The minimum absolute atomic E-state index is 0.140. The van der Waals surface area contributed by atoms with Gasteiger partial charge in [0.2, 0.25) is 0 Å². The Morgan fingerprint density at radius 3 is 2.23 bits per heavy atom. The van der Waals surface area contributed by atoms with E-state index in [1.165, 1.54) is 16.7 Å². The average molecular weight is 293 g/mol. The fraction of sp³-hybridized carbons (Fsp3) is 0.316. The Bertz CT molecular complexity index is 609. The van der Waals surface area contributed by atoms with Gasteiger partial charge >= 0.3 is 0 Å². The summed E-state index contributed by atoms with van der Waals surface area (Å²) in [5.41, 5.74) is 3.95. The molecule has 0 saturated carbocycles. The molecule has 0 aliphatic carbocycles. The molecule has 1 unspecified atom stereocenters. The smallest absolute Gasteiger partial charge is 0.192 e. The summed E-state index contributed by atoms with van der Waals surface area (Å²) >= 11 is 0. The molecule has 0 bridgehead atoms. The number of aliphatic imine (C=N–C) groups is 1. The van der Waals surface area contributed by atoms with Gasteiger partial charge in [-0.3, -0.25) is 0 Å². The first-order chi connectivity index (χ1) is 10.8. The molecule has 1 saturated heterocycles. The second-order valence-corrected chi connectivity index (χ2v) is 5.63. The first-order valence-corrected chi connectivity index (χ1v) is 8.03. The van der Waals surface area contributed by atoms with Crippen LogP contribution < -0.4 is 10.6 Å². The molecule has 1 atom stereocenters. The van der Waals surface area contributed by atoms with Crippen molar-refractivity contribution in [1.29, 1.82) is 0 Å². The van der Waals surface area contributed by atoms with E-state index < -0.39 is 0 Å². The topological polar surface area (TPSA) is 36.4 Å². The SMILES string of the molecule is CCc1ccc(C(Cc2ccccc2)N=C2NCCN2)cc1. The highest BCUT2D eigenvalue weighted by molar-refractivity contribution is 5.81. The van der Waals surface area contributed by atoms with E-state index in [1.54, 1.807) is 0 Å². The second-order valence-electron chi connectivity index (χ2n) is 5.63. The van der Waals surface area contributed by atoms with Crippen LogP contribution in [0, 0.1) is 0 Å². The van der Waals surface area contributed by atoms with Gasteiger partial charge in [0, 0.05) is 13.1 Å². The zero-order chi connectivity index (χ0) is 15.2. The van der Waals surface area contributed by atoms with Crippen LogP contribution in [0.3, 0.4) is 0 Å². The first kappa shape index (κ1) is 14.6. The highest BCUT2D eigenvalue weighted by Crippen LogP contribution is 2.23. The molecular weight excluding hydrogens is 270 g/mol. The number of aryl methyl sites for hydroxylation is 1. The lowest BCUT2D eigenvalue weighted by Gasteiger charge is -2.15. The molecule has 0 spiro atoms. The van der Waals surface area contributed by atoms with Crippen LogP contribution in [0.4, 0.5) is 0 Å². The van der Waals surface area contributed by atoms with Crippen molar-refractivity contribution in [2.75, 3.05) is 13.1 Å². The van der Waals surface area contributed by atoms with E-state index in [9.17, 15) is 0 Å². The van der Waals surface area contributed by atoms with Crippen LogP contribution >= 0.6 is 0 Å². The van der Waals surface area contributed by atoms with Crippen LogP contribution in [-0.2, 0) is 12.8 Å². The maximum atomic E-state index is 4.89. The molecule has 1 aliphatic heterocycles. The predicted molar refractivity (Wildman–Crippen MR) is 92.1 cm³/mol. The molecule has 2 aromatic rings. The lowest BCUT2D eigenvalue weighted by atomic mass is 9.98. The van der Waals surface area contributed by atoms with Gasteiger partial charge < -0.3 is 10.6 Å². The van der Waals surface area contributed by atoms with Crippen LogP contribution in [-0.4, -0.2) is 19.0 Å². The maximum absolute atomic E-state index is 4.89. The highest BCUT2D eigenvalue weighted by Gasteiger charge is 2.14. The summed E-state index contributed by atoms with van der Waals surface area (Å²) < 4.78 is 0. The van der Waals surface area contributed by atoms with E-state index in [1.807, 2.05) is 0 Å². The Morgan fingerprint density at radius 2 is 1.59 bits per heavy atom. The number of nitrogens with one attached hydrogen (secondary N) is 2. The third-order valence-electron chi connectivity index (χ3n) is 4.04. The summed E-state index contributed by atoms with van der Waals surface area (Å²) in [6.07, 6.45) is 1.99. The zero-order valence-corrected chi connectivity index (χ0v) is 13.0. The molecule has 3 heteroatoms. The van der Waals surface area contributed by atoms with Crippen LogP contribution in [0.25, 0.3) is 0 Å². The minimum Gasteiger partial charge on any atom is -0.355 e. The first-order valence-electron chi connectivity index (χ1n) is 8.03. The highest BCUT2D eigenvalue weighted by atomic mass is 15.2. The molecule has 1 aliphatic rings. The summed E-state index contributed by atoms with van der Waals surface area (Å²) in [6, 6.07) is 19.6. The van der Waals surface area contributed by atoms with Crippen molar-refractivity contribution in [1.82, 2.24) is 10.6 Å². The number of rotatable bonds is 5. The summed E-state index contributed by atoms with van der Waals surface area (Å²) in [7, 11) is 0. The van der Waals surface area contributed by atoms with E-state index >= 15 is 0 Å². The summed E-state index contributed by atoms with van der Waals surface area (Å²) in [5.74, 6) is 0.917. The van der Waals surface area contributed by atoms with Gasteiger partial charge in [-0.1, -0.05) is 61.5 Å². The Kier molecular flexibility index (Phi) is 4.74. The fourth-order valence-electron chi connectivity index (χ4n) is 2.72. The van der Waals surface area contributed by atoms with Gasteiger partial charge in [0.05, 0.1) is 6.04 Å². The molecule has 0 amide bonds. The second kappa shape index (κ2) is 7.12. The molecule has 0 radical (unpaired) electrons. The third-order valence-corrected chi connectivity index (χ3v) is 4.04. The van der Waals surface area contributed by atoms with Crippen molar-refractivity contribution < 1.29 is 0 Å². The molecule has 1 fully saturated rings. The Morgan fingerprint density at radius 1 is 0.909 bits per heavy atom. The standard InChI is InChI=1S/C19H23N3/c1-2-15-8-10-17(11-9-15)18(22-19-20-12-13-21-19)14-16-6-4-3-5-7-16/h3-11,18H,2,12-14H2,1H3,(H2,20,21,22). The molecule has 2 aromatic carbocycles. The summed E-state index contributed by atoms with van der Waals surface area (Å²) in [5, 5.41) is 6.61. The van der Waals surface area contributed by atoms with Crippen molar-refractivity contribution >= 4 is 5.96 Å². The van der Waals surface area contributed by atoms with Crippen molar-refractivity contribution in [2.24, 2.45) is 4.99 Å². The number of hydrogen-bond acceptors (Lipinski definition) is 1.